The molecule has 1 unspecified atom stereocenters. The topological polar surface area (TPSA) is 203 Å². The van der Waals surface area contributed by atoms with Gasteiger partial charge in [0.1, 0.15) is 11.0 Å². The summed E-state index contributed by atoms with van der Waals surface area (Å²) in [4.78, 5) is 36.3. The van der Waals surface area contributed by atoms with Gasteiger partial charge in [-0.05, 0) is 49.7 Å². The predicted octanol–water partition coefficient (Wildman–Crippen LogP) is 7.20. The molecule has 1 fully saturated rings. The summed E-state index contributed by atoms with van der Waals surface area (Å²) in [6.45, 7) is 22.7. The maximum Gasteiger partial charge on any atom is 0.252 e. The van der Waals surface area contributed by atoms with Crippen LogP contribution in [0.1, 0.15) is 129 Å². The SMILES string of the molecule is CC.CCS(=O)Nc1cc2c(N[C@H](C)C(C)(C)C)c(C(N)=O)cnn2c1.C[C@@H](Nc1c(C(N)=O)cnn2cc(NC(=O)C3CCCCC3)cc12)C(C)(C)C. The van der Waals surface area contributed by atoms with Crippen molar-refractivity contribution in [1.82, 2.24) is 19.2 Å². The molecule has 0 spiro atoms. The van der Waals surface area contributed by atoms with Crippen LogP contribution in [0.5, 0.6) is 0 Å². The van der Waals surface area contributed by atoms with Crippen LogP contribution in [-0.4, -0.2) is 59.0 Å². The second-order valence-electron chi connectivity index (χ2n) is 15.7. The smallest absolute Gasteiger partial charge is 0.252 e. The van der Waals surface area contributed by atoms with Gasteiger partial charge in [-0.1, -0.05) is 81.6 Å². The standard InChI is InChI=1S/C21H31N5O2.C16H25N5O2S.C2H6/c1-13(21(2,3)4)24-18-16(19(22)27)11-23-26-12-15(10-17(18)26)25-20(28)14-8-6-5-7-9-14;1-6-24(23)20-11-7-13-14(19-10(2)16(3,4)5)12(15(17)22)8-18-21(13)9-11;1-2/h10-14,24H,5-9H2,1-4H3,(H2,22,27)(H,25,28);7-10,19-20H,6H2,1-5H3,(H2,17,22);1-2H3/t13-;10-,24?;/m11./s1. The van der Waals surface area contributed by atoms with Gasteiger partial charge >= 0.3 is 0 Å². The summed E-state index contributed by atoms with van der Waals surface area (Å²) in [5.74, 6) is -0.444. The first-order valence-electron chi connectivity index (χ1n) is 18.9. The Kier molecular flexibility index (Phi) is 15.1. The van der Waals surface area contributed by atoms with Crippen molar-refractivity contribution < 1.29 is 18.6 Å². The normalized spacial score (nSPS) is 15.2. The summed E-state index contributed by atoms with van der Waals surface area (Å²) >= 11 is 0. The monoisotopic (exact) mass is 766 g/mol. The van der Waals surface area contributed by atoms with Crippen molar-refractivity contribution in [3.63, 3.8) is 0 Å². The molecule has 5 rings (SSSR count). The van der Waals surface area contributed by atoms with Crippen LogP contribution in [0.25, 0.3) is 11.0 Å². The zero-order chi connectivity index (χ0) is 40.5. The summed E-state index contributed by atoms with van der Waals surface area (Å²) in [7, 11) is -1.15. The number of hydrogen-bond donors (Lipinski definition) is 6. The number of nitrogens with two attached hydrogens (primary N) is 2. The number of carbonyl (C=O) groups is 3. The highest BCUT2D eigenvalue weighted by Gasteiger charge is 2.26. The third kappa shape index (κ3) is 11.2. The molecule has 14 nitrogen and oxygen atoms in total. The molecule has 0 saturated heterocycles. The molecule has 1 aliphatic carbocycles. The molecular weight excluding hydrogens is 705 g/mol. The number of carbonyl (C=O) groups excluding carboxylic acids is 3. The van der Waals surface area contributed by atoms with Crippen molar-refractivity contribution in [2.75, 3.05) is 26.4 Å². The second-order valence-corrected chi connectivity index (χ2v) is 17.2. The Balaban J connectivity index is 0.000000281. The van der Waals surface area contributed by atoms with Gasteiger partial charge in [0, 0.05) is 23.8 Å². The van der Waals surface area contributed by atoms with Crippen molar-refractivity contribution in [3.8, 4) is 0 Å². The lowest BCUT2D eigenvalue weighted by Crippen LogP contribution is -2.32. The van der Waals surface area contributed by atoms with Gasteiger partial charge in [-0.3, -0.25) is 14.4 Å². The average Bonchev–Trinajstić information content (AvgIpc) is 3.72. The lowest BCUT2D eigenvalue weighted by atomic mass is 9.88. The third-order valence-electron chi connectivity index (χ3n) is 9.86. The number of rotatable bonds is 11. The number of anilines is 4. The molecule has 3 atom stereocenters. The van der Waals surface area contributed by atoms with E-state index < -0.39 is 22.8 Å². The zero-order valence-electron chi connectivity index (χ0n) is 33.9. The minimum absolute atomic E-state index is 0.00738. The molecule has 0 aliphatic heterocycles. The molecule has 3 amide bonds. The van der Waals surface area contributed by atoms with E-state index in [1.807, 2.05) is 32.9 Å². The van der Waals surface area contributed by atoms with E-state index in [2.05, 4.69) is 86.3 Å². The molecule has 4 heterocycles. The summed E-state index contributed by atoms with van der Waals surface area (Å²) in [6.07, 6.45) is 11.7. The highest BCUT2D eigenvalue weighted by molar-refractivity contribution is 7.86. The van der Waals surface area contributed by atoms with Gasteiger partial charge < -0.3 is 32.1 Å². The Morgan fingerprint density at radius 1 is 0.796 bits per heavy atom. The van der Waals surface area contributed by atoms with Crippen LogP contribution in [0, 0.1) is 16.7 Å². The van der Waals surface area contributed by atoms with Gasteiger partial charge in [-0.2, -0.15) is 10.2 Å². The molecule has 4 aromatic heterocycles. The van der Waals surface area contributed by atoms with Gasteiger partial charge in [0.15, 0.2) is 0 Å². The van der Waals surface area contributed by atoms with Crippen LogP contribution in [0.3, 0.4) is 0 Å². The Hall–Kier alpha value is -4.66. The summed E-state index contributed by atoms with van der Waals surface area (Å²) in [5, 5.41) is 18.4. The number of nitrogens with one attached hydrogen (secondary N) is 4. The summed E-state index contributed by atoms with van der Waals surface area (Å²) < 4.78 is 17.9. The maximum atomic E-state index is 12.6. The van der Waals surface area contributed by atoms with Crippen LogP contribution < -0.4 is 32.1 Å². The molecule has 54 heavy (non-hydrogen) atoms. The molecular formula is C39H62N10O4S. The fourth-order valence-electron chi connectivity index (χ4n) is 5.59. The molecule has 0 aromatic carbocycles. The lowest BCUT2D eigenvalue weighted by molar-refractivity contribution is -0.120. The summed E-state index contributed by atoms with van der Waals surface area (Å²) in [6, 6.07) is 3.84. The molecule has 298 valence electrons. The number of aromatic nitrogens is 4. The van der Waals surface area contributed by atoms with E-state index in [0.29, 0.717) is 50.7 Å². The van der Waals surface area contributed by atoms with E-state index in [1.165, 1.54) is 18.8 Å². The number of nitrogens with zero attached hydrogens (tertiary/aromatic N) is 4. The van der Waals surface area contributed by atoms with Crippen molar-refractivity contribution in [1.29, 1.82) is 0 Å². The molecule has 0 radical (unpaired) electrons. The zero-order valence-corrected chi connectivity index (χ0v) is 34.7. The average molecular weight is 767 g/mol. The maximum absolute atomic E-state index is 12.6. The van der Waals surface area contributed by atoms with Crippen LogP contribution in [-0.2, 0) is 15.8 Å². The quantitative estimate of drug-likeness (QED) is 0.0919. The minimum Gasteiger partial charge on any atom is -0.380 e. The van der Waals surface area contributed by atoms with E-state index in [0.717, 1.165) is 25.7 Å². The van der Waals surface area contributed by atoms with Crippen molar-refractivity contribution in [3.05, 3.63) is 48.0 Å². The molecule has 0 bridgehead atoms. The van der Waals surface area contributed by atoms with E-state index in [-0.39, 0.29) is 34.7 Å². The first-order chi connectivity index (χ1) is 25.3. The molecule has 8 N–H and O–H groups in total. The van der Waals surface area contributed by atoms with E-state index >= 15 is 0 Å². The molecule has 1 saturated carbocycles. The van der Waals surface area contributed by atoms with Crippen LogP contribution >= 0.6 is 0 Å². The first-order valence-corrected chi connectivity index (χ1v) is 20.2. The third-order valence-corrected chi connectivity index (χ3v) is 10.9. The van der Waals surface area contributed by atoms with E-state index in [9.17, 15) is 18.6 Å². The van der Waals surface area contributed by atoms with Gasteiger partial charge in [-0.25, -0.2) is 13.2 Å². The second kappa shape index (κ2) is 18.6. The Morgan fingerprint density at radius 2 is 1.22 bits per heavy atom. The number of amides is 3. The Morgan fingerprint density at radius 3 is 1.63 bits per heavy atom. The first kappa shape index (κ1) is 43.7. The molecule has 15 heteroatoms. The fraction of sp³-hybridized carbons (Fsp3) is 0.564. The van der Waals surface area contributed by atoms with Crippen LogP contribution in [0.4, 0.5) is 22.7 Å². The number of fused-ring (bicyclic) bond motifs is 2. The molecule has 4 aromatic rings. The van der Waals surface area contributed by atoms with E-state index in [4.69, 9.17) is 11.5 Å². The fourth-order valence-corrected chi connectivity index (χ4v) is 6.11. The molecule has 1 aliphatic rings. The van der Waals surface area contributed by atoms with Crippen LogP contribution in [0.2, 0.25) is 0 Å². The van der Waals surface area contributed by atoms with Gasteiger partial charge in [0.2, 0.25) is 5.91 Å². The Labute approximate surface area is 322 Å². The predicted molar refractivity (Wildman–Crippen MR) is 221 cm³/mol. The van der Waals surface area contributed by atoms with Crippen molar-refractivity contribution >= 4 is 62.5 Å². The van der Waals surface area contributed by atoms with Crippen LogP contribution in [0.15, 0.2) is 36.9 Å². The highest BCUT2D eigenvalue weighted by Crippen LogP contribution is 2.32. The van der Waals surface area contributed by atoms with Gasteiger partial charge in [0.25, 0.3) is 11.8 Å². The number of hydrogen-bond acceptors (Lipinski definition) is 8. The Bertz CT molecular complexity index is 1930. The summed E-state index contributed by atoms with van der Waals surface area (Å²) in [5.41, 5.74) is 15.8. The van der Waals surface area contributed by atoms with Crippen molar-refractivity contribution in [2.45, 2.75) is 120 Å². The van der Waals surface area contributed by atoms with Crippen molar-refractivity contribution in [2.24, 2.45) is 28.2 Å². The highest BCUT2D eigenvalue weighted by atomic mass is 32.2. The van der Waals surface area contributed by atoms with Gasteiger partial charge in [0.05, 0.1) is 69.7 Å². The van der Waals surface area contributed by atoms with Gasteiger partial charge in [-0.15, -0.1) is 0 Å². The van der Waals surface area contributed by atoms with E-state index in [1.54, 1.807) is 21.4 Å². The lowest BCUT2D eigenvalue weighted by Gasteiger charge is -2.29. The minimum atomic E-state index is -1.15. The number of primary amides is 2. The largest absolute Gasteiger partial charge is 0.380 e.